The highest BCUT2D eigenvalue weighted by Crippen LogP contribution is 2.34. The molecule has 1 N–H and O–H groups in total. The van der Waals surface area contributed by atoms with Gasteiger partial charge >= 0.3 is 0 Å². The summed E-state index contributed by atoms with van der Waals surface area (Å²) in [6.07, 6.45) is 2.81. The number of anilines is 1. The van der Waals surface area contributed by atoms with E-state index >= 15 is 0 Å². The number of likely N-dealkylation sites (N-methyl/N-ethyl adjacent to an activating group) is 1. The van der Waals surface area contributed by atoms with Crippen molar-refractivity contribution in [3.63, 3.8) is 0 Å². The number of aryl methyl sites for hydroxylation is 2. The zero-order valence-electron chi connectivity index (χ0n) is 12.2. The summed E-state index contributed by atoms with van der Waals surface area (Å²) < 4.78 is 0. The summed E-state index contributed by atoms with van der Waals surface area (Å²) in [5, 5.41) is 4.44. The van der Waals surface area contributed by atoms with Crippen LogP contribution in [0.4, 0.5) is 5.82 Å². The molecule has 0 aromatic carbocycles. The van der Waals surface area contributed by atoms with Crippen molar-refractivity contribution in [2.45, 2.75) is 27.2 Å². The Morgan fingerprint density at radius 1 is 1.26 bits per heavy atom. The smallest absolute Gasteiger partial charge is 0.141 e. The molecule has 0 radical (unpaired) electrons. The normalized spacial score (nSPS) is 11.2. The summed E-state index contributed by atoms with van der Waals surface area (Å²) >= 11 is 1.76. The molecule has 0 fully saturated rings. The summed E-state index contributed by atoms with van der Waals surface area (Å²) in [5.41, 5.74) is 1.32. The molecule has 0 unspecified atom stereocenters. The van der Waals surface area contributed by atoms with Gasteiger partial charge in [0, 0.05) is 24.5 Å². The molecule has 2 aromatic heterocycles. The lowest BCUT2D eigenvalue weighted by atomic mass is 10.2. The quantitative estimate of drug-likeness (QED) is 0.882. The van der Waals surface area contributed by atoms with Crippen LogP contribution in [0.25, 0.3) is 10.2 Å². The van der Waals surface area contributed by atoms with Crippen LogP contribution >= 0.6 is 11.3 Å². The number of nitrogens with one attached hydrogen (secondary N) is 1. The number of fused-ring (bicyclic) bond motifs is 1. The maximum atomic E-state index is 4.55. The molecule has 0 atom stereocenters. The minimum Gasteiger partial charge on any atom is -0.355 e. The van der Waals surface area contributed by atoms with E-state index in [0.717, 1.165) is 36.7 Å². The van der Waals surface area contributed by atoms with E-state index in [1.807, 2.05) is 7.05 Å². The van der Waals surface area contributed by atoms with Gasteiger partial charge in [-0.15, -0.1) is 11.3 Å². The predicted molar refractivity (Wildman–Crippen MR) is 83.3 cm³/mol. The van der Waals surface area contributed by atoms with Gasteiger partial charge in [0.2, 0.25) is 0 Å². The van der Waals surface area contributed by atoms with Crippen molar-refractivity contribution in [2.75, 3.05) is 31.6 Å². The highest BCUT2D eigenvalue weighted by Gasteiger charge is 2.16. The van der Waals surface area contributed by atoms with Crippen molar-refractivity contribution in [1.29, 1.82) is 0 Å². The summed E-state index contributed by atoms with van der Waals surface area (Å²) in [4.78, 5) is 13.8. The van der Waals surface area contributed by atoms with Crippen LogP contribution in [0.3, 0.4) is 0 Å². The third-order valence-electron chi connectivity index (χ3n) is 3.37. The van der Waals surface area contributed by atoms with Gasteiger partial charge in [0.1, 0.15) is 17.0 Å². The molecule has 0 amide bonds. The number of hydrogen-bond acceptors (Lipinski definition) is 5. The Morgan fingerprint density at radius 2 is 2.05 bits per heavy atom. The van der Waals surface area contributed by atoms with Gasteiger partial charge in [0.25, 0.3) is 0 Å². The molecule has 0 aliphatic heterocycles. The highest BCUT2D eigenvalue weighted by atomic mass is 32.1. The summed E-state index contributed by atoms with van der Waals surface area (Å²) in [6.45, 7) is 9.50. The predicted octanol–water partition coefficient (Wildman–Crippen LogP) is 2.74. The van der Waals surface area contributed by atoms with Crippen LogP contribution in [-0.4, -0.2) is 36.6 Å². The first-order valence-electron chi connectivity index (χ1n) is 6.79. The van der Waals surface area contributed by atoms with Gasteiger partial charge in [-0.25, -0.2) is 9.97 Å². The molecule has 2 rings (SSSR count). The standard InChI is InChI=1S/C14H22N4S/c1-5-7-18(8-6-15-4)13-12-10(2)11(3)19-14(12)17-9-16-13/h9,15H,5-8H2,1-4H3. The Balaban J connectivity index is 2.46. The topological polar surface area (TPSA) is 41.0 Å². The SMILES string of the molecule is CCCN(CCNC)c1ncnc2sc(C)c(C)c12. The van der Waals surface area contributed by atoms with E-state index < -0.39 is 0 Å². The second-order valence-electron chi connectivity index (χ2n) is 4.75. The molecular weight excluding hydrogens is 256 g/mol. The lowest BCUT2D eigenvalue weighted by Crippen LogP contribution is -2.32. The molecule has 104 valence electrons. The van der Waals surface area contributed by atoms with E-state index in [0.29, 0.717) is 0 Å². The van der Waals surface area contributed by atoms with E-state index in [1.54, 1.807) is 17.7 Å². The molecule has 0 aliphatic rings. The molecule has 2 heterocycles. The molecule has 0 saturated carbocycles. The molecule has 19 heavy (non-hydrogen) atoms. The van der Waals surface area contributed by atoms with E-state index in [9.17, 15) is 0 Å². The Morgan fingerprint density at radius 3 is 2.74 bits per heavy atom. The van der Waals surface area contributed by atoms with Gasteiger partial charge in [-0.3, -0.25) is 0 Å². The largest absolute Gasteiger partial charge is 0.355 e. The van der Waals surface area contributed by atoms with Crippen molar-refractivity contribution in [3.05, 3.63) is 16.8 Å². The maximum absolute atomic E-state index is 4.55. The lowest BCUT2D eigenvalue weighted by Gasteiger charge is -2.23. The fourth-order valence-corrected chi connectivity index (χ4v) is 3.24. The first-order valence-corrected chi connectivity index (χ1v) is 7.61. The average Bonchev–Trinajstić information content (AvgIpc) is 2.70. The Kier molecular flexibility index (Phi) is 4.71. The van der Waals surface area contributed by atoms with Crippen LogP contribution in [0.15, 0.2) is 6.33 Å². The van der Waals surface area contributed by atoms with Gasteiger partial charge < -0.3 is 10.2 Å². The van der Waals surface area contributed by atoms with Crippen LogP contribution in [0.5, 0.6) is 0 Å². The third-order valence-corrected chi connectivity index (χ3v) is 4.49. The van der Waals surface area contributed by atoms with E-state index in [4.69, 9.17) is 0 Å². The number of rotatable bonds is 6. The zero-order valence-corrected chi connectivity index (χ0v) is 13.0. The second-order valence-corrected chi connectivity index (χ2v) is 5.95. The van der Waals surface area contributed by atoms with Crippen LogP contribution in [-0.2, 0) is 0 Å². The highest BCUT2D eigenvalue weighted by molar-refractivity contribution is 7.18. The van der Waals surface area contributed by atoms with E-state index in [2.05, 4.69) is 41.0 Å². The van der Waals surface area contributed by atoms with Crippen molar-refractivity contribution in [3.8, 4) is 0 Å². The third kappa shape index (κ3) is 2.87. The van der Waals surface area contributed by atoms with Crippen molar-refractivity contribution in [2.24, 2.45) is 0 Å². The van der Waals surface area contributed by atoms with E-state index in [-0.39, 0.29) is 0 Å². The van der Waals surface area contributed by atoms with Gasteiger partial charge in [-0.1, -0.05) is 6.92 Å². The molecular formula is C14H22N4S. The Hall–Kier alpha value is -1.20. The lowest BCUT2D eigenvalue weighted by molar-refractivity contribution is 0.704. The molecule has 5 heteroatoms. The monoisotopic (exact) mass is 278 g/mol. The van der Waals surface area contributed by atoms with Crippen molar-refractivity contribution >= 4 is 27.4 Å². The first-order chi connectivity index (χ1) is 9.19. The Bertz CT molecular complexity index is 550. The van der Waals surface area contributed by atoms with Crippen LogP contribution < -0.4 is 10.2 Å². The molecule has 0 spiro atoms. The molecule has 0 aliphatic carbocycles. The number of thiophene rings is 1. The number of nitrogens with zero attached hydrogens (tertiary/aromatic N) is 3. The summed E-state index contributed by atoms with van der Waals surface area (Å²) in [5.74, 6) is 1.09. The minimum absolute atomic E-state index is 0.966. The van der Waals surface area contributed by atoms with Crippen molar-refractivity contribution < 1.29 is 0 Å². The molecule has 0 bridgehead atoms. The van der Waals surface area contributed by atoms with Crippen LogP contribution in [0, 0.1) is 13.8 Å². The molecule has 2 aromatic rings. The molecule has 0 saturated heterocycles. The fourth-order valence-electron chi connectivity index (χ4n) is 2.24. The minimum atomic E-state index is 0.966. The molecule has 4 nitrogen and oxygen atoms in total. The second kappa shape index (κ2) is 6.30. The summed E-state index contributed by atoms with van der Waals surface area (Å²) in [6, 6.07) is 0. The Labute approximate surface area is 118 Å². The first kappa shape index (κ1) is 14.2. The van der Waals surface area contributed by atoms with Crippen molar-refractivity contribution in [1.82, 2.24) is 15.3 Å². The number of hydrogen-bond donors (Lipinski definition) is 1. The fraction of sp³-hybridized carbons (Fsp3) is 0.571. The van der Waals surface area contributed by atoms with Crippen LogP contribution in [0.2, 0.25) is 0 Å². The zero-order chi connectivity index (χ0) is 13.8. The van der Waals surface area contributed by atoms with Gasteiger partial charge in [-0.05, 0) is 32.9 Å². The van der Waals surface area contributed by atoms with Crippen LogP contribution in [0.1, 0.15) is 23.8 Å². The van der Waals surface area contributed by atoms with Gasteiger partial charge in [0.05, 0.1) is 5.39 Å². The average molecular weight is 278 g/mol. The van der Waals surface area contributed by atoms with Gasteiger partial charge in [0.15, 0.2) is 0 Å². The van der Waals surface area contributed by atoms with E-state index in [1.165, 1.54) is 15.8 Å². The number of aromatic nitrogens is 2. The maximum Gasteiger partial charge on any atom is 0.141 e. The van der Waals surface area contributed by atoms with Gasteiger partial charge in [-0.2, -0.15) is 0 Å². The summed E-state index contributed by atoms with van der Waals surface area (Å²) in [7, 11) is 1.99.